The summed E-state index contributed by atoms with van der Waals surface area (Å²) in [5.41, 5.74) is 0.987. The number of benzene rings is 1. The Labute approximate surface area is 124 Å². The van der Waals surface area contributed by atoms with Gasteiger partial charge in [-0.25, -0.2) is 0 Å². The fourth-order valence-corrected chi connectivity index (χ4v) is 2.23. The average Bonchev–Trinajstić information content (AvgIpc) is 2.39. The van der Waals surface area contributed by atoms with Crippen molar-refractivity contribution in [1.29, 1.82) is 0 Å². The summed E-state index contributed by atoms with van der Waals surface area (Å²) in [6.45, 7) is 5.81. The topological polar surface area (TPSA) is 32.3 Å². The number of hydrogen-bond donors (Lipinski definition) is 1. The van der Waals surface area contributed by atoms with Crippen LogP contribution in [0.2, 0.25) is 10.0 Å². The Morgan fingerprint density at radius 2 is 2.05 bits per heavy atom. The molecule has 3 nitrogen and oxygen atoms in total. The molecule has 0 heterocycles. The number of hydrogen-bond acceptors (Lipinski definition) is 2. The van der Waals surface area contributed by atoms with Crippen molar-refractivity contribution < 1.29 is 4.79 Å². The van der Waals surface area contributed by atoms with Gasteiger partial charge in [0, 0.05) is 25.6 Å². The maximum Gasteiger partial charge on any atom is 0.226 e. The van der Waals surface area contributed by atoms with Crippen LogP contribution in [0.25, 0.3) is 0 Å². The van der Waals surface area contributed by atoms with Crippen molar-refractivity contribution in [2.24, 2.45) is 5.92 Å². The minimum absolute atomic E-state index is 0.0345. The van der Waals surface area contributed by atoms with Crippen molar-refractivity contribution in [3.63, 3.8) is 0 Å². The molecule has 0 aliphatic carbocycles. The fourth-order valence-electron chi connectivity index (χ4n) is 1.91. The molecular formula is C14H20Cl2N2O. The number of amides is 1. The van der Waals surface area contributed by atoms with Crippen LogP contribution in [0.4, 0.5) is 0 Å². The van der Waals surface area contributed by atoms with Crippen LogP contribution in [-0.2, 0) is 11.3 Å². The summed E-state index contributed by atoms with van der Waals surface area (Å²) in [6.07, 6.45) is 0. The van der Waals surface area contributed by atoms with E-state index in [1.54, 1.807) is 6.07 Å². The molecule has 5 heteroatoms. The third-order valence-corrected chi connectivity index (χ3v) is 3.72. The Balaban J connectivity index is 2.75. The quantitative estimate of drug-likeness (QED) is 0.875. The summed E-state index contributed by atoms with van der Waals surface area (Å²) >= 11 is 11.9. The third kappa shape index (κ3) is 4.68. The second kappa shape index (κ2) is 7.73. The van der Waals surface area contributed by atoms with E-state index in [-0.39, 0.29) is 11.8 Å². The molecule has 1 amide bonds. The van der Waals surface area contributed by atoms with Crippen molar-refractivity contribution in [2.45, 2.75) is 20.4 Å². The van der Waals surface area contributed by atoms with E-state index in [1.165, 1.54) is 0 Å². The molecule has 0 radical (unpaired) electrons. The second-order valence-electron chi connectivity index (χ2n) is 4.56. The van der Waals surface area contributed by atoms with Gasteiger partial charge in [-0.3, -0.25) is 4.79 Å². The van der Waals surface area contributed by atoms with Crippen molar-refractivity contribution in [3.8, 4) is 0 Å². The fraction of sp³-hybridized carbons (Fsp3) is 0.500. The maximum atomic E-state index is 12.2. The van der Waals surface area contributed by atoms with E-state index >= 15 is 0 Å². The minimum atomic E-state index is -0.0345. The normalized spacial score (nSPS) is 12.3. The highest BCUT2D eigenvalue weighted by atomic mass is 35.5. The summed E-state index contributed by atoms with van der Waals surface area (Å²) < 4.78 is 0. The number of rotatable bonds is 6. The molecule has 1 aromatic carbocycles. The van der Waals surface area contributed by atoms with Gasteiger partial charge < -0.3 is 10.2 Å². The van der Waals surface area contributed by atoms with E-state index in [1.807, 2.05) is 37.9 Å². The molecule has 1 rings (SSSR count). The Bertz CT molecular complexity index is 437. The van der Waals surface area contributed by atoms with Gasteiger partial charge in [-0.05, 0) is 31.7 Å². The maximum absolute atomic E-state index is 12.2. The Kier molecular flexibility index (Phi) is 6.63. The predicted octanol–water partition coefficient (Wildman–Crippen LogP) is 3.20. The monoisotopic (exact) mass is 302 g/mol. The first-order valence-electron chi connectivity index (χ1n) is 6.36. The lowest BCUT2D eigenvalue weighted by Crippen LogP contribution is -2.38. The van der Waals surface area contributed by atoms with Crippen LogP contribution in [0.5, 0.6) is 0 Å². The van der Waals surface area contributed by atoms with Crippen LogP contribution < -0.4 is 5.32 Å². The first-order chi connectivity index (χ1) is 8.99. The molecule has 0 saturated heterocycles. The lowest BCUT2D eigenvalue weighted by atomic mass is 10.1. The number of carbonyl (C=O) groups excluding carboxylic acids is 1. The van der Waals surface area contributed by atoms with Gasteiger partial charge in [0.25, 0.3) is 0 Å². The molecular weight excluding hydrogens is 283 g/mol. The molecule has 0 aliphatic heterocycles. The molecule has 0 aliphatic rings. The van der Waals surface area contributed by atoms with Gasteiger partial charge in [0.2, 0.25) is 5.91 Å². The van der Waals surface area contributed by atoms with Crippen LogP contribution in [0.1, 0.15) is 19.4 Å². The van der Waals surface area contributed by atoms with E-state index in [4.69, 9.17) is 23.2 Å². The zero-order valence-electron chi connectivity index (χ0n) is 11.5. The zero-order chi connectivity index (χ0) is 14.4. The highest BCUT2D eigenvalue weighted by Gasteiger charge is 2.18. The molecule has 0 aromatic heterocycles. The van der Waals surface area contributed by atoms with Gasteiger partial charge in [0.05, 0.1) is 10.0 Å². The zero-order valence-corrected chi connectivity index (χ0v) is 13.1. The largest absolute Gasteiger partial charge is 0.338 e. The molecule has 0 spiro atoms. The number of halogens is 2. The van der Waals surface area contributed by atoms with Gasteiger partial charge in [-0.2, -0.15) is 0 Å². The molecule has 19 heavy (non-hydrogen) atoms. The standard InChI is InChI=1S/C14H20Cl2N2O/c1-4-18(14(19)10(2)8-17-3)9-11-5-6-12(15)13(16)7-11/h5-7,10,17H,4,8-9H2,1-3H3. The second-order valence-corrected chi connectivity index (χ2v) is 5.37. The molecule has 1 N–H and O–H groups in total. The first-order valence-corrected chi connectivity index (χ1v) is 7.12. The molecule has 0 fully saturated rings. The van der Waals surface area contributed by atoms with Gasteiger partial charge in [-0.1, -0.05) is 36.2 Å². The van der Waals surface area contributed by atoms with Gasteiger partial charge in [-0.15, -0.1) is 0 Å². The van der Waals surface area contributed by atoms with Gasteiger partial charge in [0.15, 0.2) is 0 Å². The SMILES string of the molecule is CCN(Cc1ccc(Cl)c(Cl)c1)C(=O)C(C)CNC. The molecule has 1 unspecified atom stereocenters. The molecule has 1 atom stereocenters. The van der Waals surface area contributed by atoms with Crippen LogP contribution in [0.3, 0.4) is 0 Å². The van der Waals surface area contributed by atoms with Gasteiger partial charge >= 0.3 is 0 Å². The molecule has 0 saturated carbocycles. The Morgan fingerprint density at radius 1 is 1.37 bits per heavy atom. The minimum Gasteiger partial charge on any atom is -0.338 e. The summed E-state index contributed by atoms with van der Waals surface area (Å²) in [4.78, 5) is 14.1. The smallest absolute Gasteiger partial charge is 0.226 e. The molecule has 1 aromatic rings. The lowest BCUT2D eigenvalue weighted by Gasteiger charge is -2.24. The van der Waals surface area contributed by atoms with E-state index in [9.17, 15) is 4.79 Å². The highest BCUT2D eigenvalue weighted by molar-refractivity contribution is 6.42. The van der Waals surface area contributed by atoms with Crippen molar-refractivity contribution in [1.82, 2.24) is 10.2 Å². The predicted molar refractivity (Wildman–Crippen MR) is 80.6 cm³/mol. The average molecular weight is 303 g/mol. The summed E-state index contributed by atoms with van der Waals surface area (Å²) in [5.74, 6) is 0.107. The molecule has 106 valence electrons. The van der Waals surface area contributed by atoms with Crippen molar-refractivity contribution in [2.75, 3.05) is 20.1 Å². The van der Waals surface area contributed by atoms with Crippen LogP contribution in [0, 0.1) is 5.92 Å². The van der Waals surface area contributed by atoms with Crippen LogP contribution >= 0.6 is 23.2 Å². The Morgan fingerprint density at radius 3 is 2.58 bits per heavy atom. The van der Waals surface area contributed by atoms with Crippen LogP contribution in [0.15, 0.2) is 18.2 Å². The van der Waals surface area contributed by atoms with E-state index in [0.717, 1.165) is 5.56 Å². The van der Waals surface area contributed by atoms with E-state index in [0.29, 0.717) is 29.7 Å². The Hall–Kier alpha value is -0.770. The summed E-state index contributed by atoms with van der Waals surface area (Å²) in [7, 11) is 1.85. The van der Waals surface area contributed by atoms with Gasteiger partial charge in [0.1, 0.15) is 0 Å². The third-order valence-electron chi connectivity index (χ3n) is 2.98. The van der Waals surface area contributed by atoms with Crippen molar-refractivity contribution >= 4 is 29.1 Å². The molecule has 0 bridgehead atoms. The summed E-state index contributed by atoms with van der Waals surface area (Å²) in [6, 6.07) is 5.46. The van der Waals surface area contributed by atoms with E-state index in [2.05, 4.69) is 5.32 Å². The highest BCUT2D eigenvalue weighted by Crippen LogP contribution is 2.23. The van der Waals surface area contributed by atoms with Crippen LogP contribution in [-0.4, -0.2) is 30.9 Å². The van der Waals surface area contributed by atoms with Crippen molar-refractivity contribution in [3.05, 3.63) is 33.8 Å². The lowest BCUT2D eigenvalue weighted by molar-refractivity contribution is -0.135. The van der Waals surface area contributed by atoms with E-state index < -0.39 is 0 Å². The number of carbonyl (C=O) groups is 1. The number of nitrogens with zero attached hydrogens (tertiary/aromatic N) is 1. The first kappa shape index (κ1) is 16.3. The summed E-state index contributed by atoms with van der Waals surface area (Å²) in [5, 5.41) is 4.07. The number of nitrogens with one attached hydrogen (secondary N) is 1.